The Bertz CT molecular complexity index is 1170. The highest BCUT2D eigenvalue weighted by Crippen LogP contribution is 2.35. The van der Waals surface area contributed by atoms with Crippen molar-refractivity contribution in [3.8, 4) is 0 Å². The molecule has 3 aromatic rings. The van der Waals surface area contributed by atoms with E-state index in [2.05, 4.69) is 13.5 Å². The molecule has 6 heteroatoms. The van der Waals surface area contributed by atoms with E-state index in [1.807, 2.05) is 31.2 Å². The zero-order chi connectivity index (χ0) is 22.0. The standard InChI is InChI=1S/C25H28N2O2S2/c1-4-15-27-24(29)21-19-9-7-6-8-10-20(19)31-23(21)26-25(27)30-16(3)22(28)18-13-11-17(5-2)12-14-18/h4,11-14,16H,1,5-10,15H2,2-3H3. The number of benzene rings is 1. The van der Waals surface area contributed by atoms with E-state index in [9.17, 15) is 9.59 Å². The fourth-order valence-electron chi connectivity index (χ4n) is 4.13. The lowest BCUT2D eigenvalue weighted by Gasteiger charge is -2.14. The zero-order valence-corrected chi connectivity index (χ0v) is 19.8. The molecule has 0 radical (unpaired) electrons. The minimum Gasteiger partial charge on any atom is -0.293 e. The number of thioether (sulfide) groups is 1. The van der Waals surface area contributed by atoms with Gasteiger partial charge >= 0.3 is 0 Å². The van der Waals surface area contributed by atoms with Crippen molar-refractivity contribution in [1.29, 1.82) is 0 Å². The number of allylic oxidation sites excluding steroid dienone is 1. The van der Waals surface area contributed by atoms with Crippen LogP contribution < -0.4 is 5.56 Å². The maximum atomic E-state index is 13.5. The third kappa shape index (κ3) is 4.41. The van der Waals surface area contributed by atoms with E-state index in [0.717, 1.165) is 35.9 Å². The number of carbonyl (C=O) groups excluding carboxylic acids is 1. The Morgan fingerprint density at radius 3 is 2.71 bits per heavy atom. The smallest absolute Gasteiger partial charge is 0.263 e. The highest BCUT2D eigenvalue weighted by molar-refractivity contribution is 8.00. The lowest BCUT2D eigenvalue weighted by Crippen LogP contribution is -2.24. The Morgan fingerprint density at radius 1 is 1.26 bits per heavy atom. The average molecular weight is 453 g/mol. The molecule has 2 heterocycles. The van der Waals surface area contributed by atoms with E-state index in [-0.39, 0.29) is 16.6 Å². The lowest BCUT2D eigenvalue weighted by molar-refractivity contribution is 0.0994. The summed E-state index contributed by atoms with van der Waals surface area (Å²) in [4.78, 5) is 33.5. The monoisotopic (exact) mass is 452 g/mol. The summed E-state index contributed by atoms with van der Waals surface area (Å²) in [5.74, 6) is 0.0501. The normalized spacial score (nSPS) is 14.8. The Kier molecular flexibility index (Phi) is 6.77. The van der Waals surface area contributed by atoms with Gasteiger partial charge in [-0.1, -0.05) is 55.4 Å². The summed E-state index contributed by atoms with van der Waals surface area (Å²) in [6.45, 7) is 8.20. The van der Waals surface area contributed by atoms with Gasteiger partial charge in [-0.15, -0.1) is 17.9 Å². The van der Waals surface area contributed by atoms with Crippen LogP contribution >= 0.6 is 23.1 Å². The second-order valence-electron chi connectivity index (χ2n) is 8.02. The average Bonchev–Trinajstić information content (AvgIpc) is 2.96. The zero-order valence-electron chi connectivity index (χ0n) is 18.1. The summed E-state index contributed by atoms with van der Waals surface area (Å²) < 4.78 is 1.68. The van der Waals surface area contributed by atoms with Gasteiger partial charge in [0.2, 0.25) is 0 Å². The van der Waals surface area contributed by atoms with Crippen LogP contribution in [0.15, 0.2) is 46.9 Å². The molecule has 4 nitrogen and oxygen atoms in total. The maximum Gasteiger partial charge on any atom is 0.263 e. The molecule has 0 amide bonds. The van der Waals surface area contributed by atoms with Crippen molar-refractivity contribution in [2.75, 3.05) is 0 Å². The number of aromatic nitrogens is 2. The summed E-state index contributed by atoms with van der Waals surface area (Å²) in [5.41, 5.74) is 3.10. The minimum atomic E-state index is -0.342. The molecule has 0 saturated heterocycles. The van der Waals surface area contributed by atoms with Crippen molar-refractivity contribution in [2.45, 2.75) is 69.3 Å². The van der Waals surface area contributed by atoms with Crippen molar-refractivity contribution >= 4 is 39.1 Å². The van der Waals surface area contributed by atoms with Gasteiger partial charge in [0, 0.05) is 17.0 Å². The number of carbonyl (C=O) groups is 1. The molecule has 0 saturated carbocycles. The first-order chi connectivity index (χ1) is 15.0. The first-order valence-electron chi connectivity index (χ1n) is 11.0. The first-order valence-corrected chi connectivity index (χ1v) is 12.7. The van der Waals surface area contributed by atoms with Gasteiger partial charge < -0.3 is 0 Å². The first kappa shape index (κ1) is 22.0. The number of thiophene rings is 1. The number of ketones is 1. The Morgan fingerprint density at radius 2 is 2.00 bits per heavy atom. The highest BCUT2D eigenvalue weighted by atomic mass is 32.2. The third-order valence-electron chi connectivity index (χ3n) is 5.90. The Balaban J connectivity index is 1.70. The Hall–Kier alpha value is -2.18. The predicted octanol–water partition coefficient (Wildman–Crippen LogP) is 5.84. The summed E-state index contributed by atoms with van der Waals surface area (Å²) in [6, 6.07) is 7.78. The molecule has 0 bridgehead atoms. The fourth-order valence-corrected chi connectivity index (χ4v) is 6.43. The number of Topliss-reactive ketones (excluding diaryl/α,β-unsaturated/α-hetero) is 1. The molecule has 0 fully saturated rings. The summed E-state index contributed by atoms with van der Waals surface area (Å²) in [5, 5.41) is 1.03. The van der Waals surface area contributed by atoms with Gasteiger partial charge in [0.15, 0.2) is 10.9 Å². The lowest BCUT2D eigenvalue weighted by atomic mass is 10.1. The van der Waals surface area contributed by atoms with Crippen molar-refractivity contribution in [3.63, 3.8) is 0 Å². The van der Waals surface area contributed by atoms with Gasteiger partial charge in [-0.3, -0.25) is 14.2 Å². The molecule has 1 aliphatic carbocycles. The molecule has 0 N–H and O–H groups in total. The van der Waals surface area contributed by atoms with Crippen LogP contribution in [0.2, 0.25) is 0 Å². The van der Waals surface area contributed by atoms with E-state index in [0.29, 0.717) is 17.3 Å². The molecule has 0 aliphatic heterocycles. The number of hydrogen-bond donors (Lipinski definition) is 0. The van der Waals surface area contributed by atoms with Gasteiger partial charge in [0.25, 0.3) is 5.56 Å². The molecular formula is C25H28N2O2S2. The van der Waals surface area contributed by atoms with Crippen LogP contribution in [0.3, 0.4) is 0 Å². The van der Waals surface area contributed by atoms with Crippen LogP contribution in [0.4, 0.5) is 0 Å². The Labute approximate surface area is 191 Å². The van der Waals surface area contributed by atoms with Gasteiger partial charge in [-0.05, 0) is 50.2 Å². The highest BCUT2D eigenvalue weighted by Gasteiger charge is 2.24. The fraction of sp³-hybridized carbons (Fsp3) is 0.400. The largest absolute Gasteiger partial charge is 0.293 e. The van der Waals surface area contributed by atoms with Crippen LogP contribution in [0.1, 0.15) is 59.5 Å². The number of nitrogens with zero attached hydrogens (tertiary/aromatic N) is 2. The quantitative estimate of drug-likeness (QED) is 0.149. The van der Waals surface area contributed by atoms with E-state index >= 15 is 0 Å². The summed E-state index contributed by atoms with van der Waals surface area (Å²) >= 11 is 3.02. The molecule has 1 unspecified atom stereocenters. The second-order valence-corrected chi connectivity index (χ2v) is 10.4. The van der Waals surface area contributed by atoms with Crippen molar-refractivity contribution in [2.24, 2.45) is 0 Å². The summed E-state index contributed by atoms with van der Waals surface area (Å²) in [7, 11) is 0. The van der Waals surface area contributed by atoms with Crippen molar-refractivity contribution in [1.82, 2.24) is 9.55 Å². The van der Waals surface area contributed by atoms with Gasteiger partial charge in [0.05, 0.1) is 10.6 Å². The predicted molar refractivity (Wildman–Crippen MR) is 131 cm³/mol. The number of rotatable bonds is 7. The van der Waals surface area contributed by atoms with Crippen molar-refractivity contribution in [3.05, 3.63) is 68.8 Å². The number of hydrogen-bond acceptors (Lipinski definition) is 5. The molecule has 1 aliphatic rings. The molecule has 31 heavy (non-hydrogen) atoms. The van der Waals surface area contributed by atoms with Gasteiger partial charge in [-0.2, -0.15) is 0 Å². The van der Waals surface area contributed by atoms with Crippen LogP contribution in [0.25, 0.3) is 10.2 Å². The van der Waals surface area contributed by atoms with E-state index in [4.69, 9.17) is 4.98 Å². The van der Waals surface area contributed by atoms with Crippen LogP contribution in [0.5, 0.6) is 0 Å². The molecular weight excluding hydrogens is 424 g/mol. The molecule has 4 rings (SSSR count). The third-order valence-corrected chi connectivity index (χ3v) is 8.18. The van der Waals surface area contributed by atoms with Gasteiger partial charge in [-0.25, -0.2) is 4.98 Å². The SMILES string of the molecule is C=CCn1c(SC(C)C(=O)c2ccc(CC)cc2)nc2sc3c(c2c1=O)CCCCC3. The topological polar surface area (TPSA) is 52.0 Å². The van der Waals surface area contributed by atoms with Crippen LogP contribution in [0, 0.1) is 0 Å². The van der Waals surface area contributed by atoms with Crippen LogP contribution in [-0.4, -0.2) is 20.6 Å². The molecule has 1 aromatic carbocycles. The number of aryl methyl sites for hydroxylation is 3. The molecule has 0 spiro atoms. The molecule has 2 aromatic heterocycles. The molecule has 162 valence electrons. The van der Waals surface area contributed by atoms with E-state index in [1.54, 1.807) is 22.0 Å². The van der Waals surface area contributed by atoms with Crippen molar-refractivity contribution < 1.29 is 4.79 Å². The van der Waals surface area contributed by atoms with Gasteiger partial charge in [0.1, 0.15) is 4.83 Å². The van der Waals surface area contributed by atoms with E-state index in [1.165, 1.54) is 40.6 Å². The molecule has 1 atom stereocenters. The minimum absolute atomic E-state index is 0.00116. The van der Waals surface area contributed by atoms with E-state index < -0.39 is 0 Å². The number of fused-ring (bicyclic) bond motifs is 3. The maximum absolute atomic E-state index is 13.5. The van der Waals surface area contributed by atoms with Crippen LogP contribution in [-0.2, 0) is 25.8 Å². The summed E-state index contributed by atoms with van der Waals surface area (Å²) in [6.07, 6.45) is 8.16. The second kappa shape index (κ2) is 9.53.